The molecule has 0 aromatic rings. The number of rotatable bonds is 3. The number of Topliss-reactive ketones (excluding diaryl/α,β-unsaturated/α-hetero) is 1. The van der Waals surface area contributed by atoms with E-state index < -0.39 is 0 Å². The van der Waals surface area contributed by atoms with Crippen molar-refractivity contribution in [1.82, 2.24) is 5.32 Å². The summed E-state index contributed by atoms with van der Waals surface area (Å²) in [6.07, 6.45) is 2.39. The lowest BCUT2D eigenvalue weighted by Crippen LogP contribution is -2.18. The van der Waals surface area contributed by atoms with E-state index in [1.54, 1.807) is 0 Å². The maximum atomic E-state index is 10.9. The first-order chi connectivity index (χ1) is 5.24. The summed E-state index contributed by atoms with van der Waals surface area (Å²) in [5.74, 6) is -0.169. The van der Waals surface area contributed by atoms with Crippen LogP contribution in [0.5, 0.6) is 0 Å². The van der Waals surface area contributed by atoms with Gasteiger partial charge in [-0.05, 0) is 6.42 Å². The van der Waals surface area contributed by atoms with E-state index in [4.69, 9.17) is 0 Å². The van der Waals surface area contributed by atoms with Gasteiger partial charge in [0.25, 0.3) is 0 Å². The van der Waals surface area contributed by atoms with Crippen LogP contribution >= 0.6 is 0 Å². The average molecular weight is 153 g/mol. The Morgan fingerprint density at radius 1 is 1.55 bits per heavy atom. The van der Waals surface area contributed by atoms with Gasteiger partial charge in [0.05, 0.1) is 12.1 Å². The Balaban J connectivity index is 2.50. The van der Waals surface area contributed by atoms with Gasteiger partial charge in [0.15, 0.2) is 11.6 Å². The Kier molecular flexibility index (Phi) is 2.41. The molecule has 0 atom stereocenters. The van der Waals surface area contributed by atoms with Crippen LogP contribution in [-0.2, 0) is 9.59 Å². The number of hydrogen-bond acceptors (Lipinski definition) is 3. The van der Waals surface area contributed by atoms with Crippen LogP contribution in [0.15, 0.2) is 11.8 Å². The second-order valence-corrected chi connectivity index (χ2v) is 2.55. The maximum Gasteiger partial charge on any atom is 0.186 e. The first-order valence-electron chi connectivity index (χ1n) is 3.75. The molecule has 1 N–H and O–H groups in total. The SMILES string of the molecule is CCCNC1=CC(=O)CC1=O. The molecule has 0 heterocycles. The van der Waals surface area contributed by atoms with Crippen molar-refractivity contribution in [3.05, 3.63) is 11.8 Å². The minimum Gasteiger partial charge on any atom is -0.382 e. The summed E-state index contributed by atoms with van der Waals surface area (Å²) in [6, 6.07) is 0. The van der Waals surface area contributed by atoms with Gasteiger partial charge < -0.3 is 5.32 Å². The Labute approximate surface area is 65.5 Å². The molecule has 60 valence electrons. The summed E-state index contributed by atoms with van der Waals surface area (Å²) < 4.78 is 0. The first kappa shape index (κ1) is 7.98. The van der Waals surface area contributed by atoms with Crippen molar-refractivity contribution in [2.24, 2.45) is 0 Å². The van der Waals surface area contributed by atoms with E-state index in [1.807, 2.05) is 6.92 Å². The van der Waals surface area contributed by atoms with Gasteiger partial charge in [-0.1, -0.05) is 6.92 Å². The molecule has 0 radical (unpaired) electrons. The molecule has 0 saturated heterocycles. The smallest absolute Gasteiger partial charge is 0.186 e. The third kappa shape index (κ3) is 1.90. The number of nitrogens with one attached hydrogen (secondary N) is 1. The summed E-state index contributed by atoms with van der Waals surface area (Å²) in [4.78, 5) is 21.6. The molecule has 0 aromatic heterocycles. The Bertz CT molecular complexity index is 218. The molecule has 1 rings (SSSR count). The minimum absolute atomic E-state index is 0.0477. The number of ketones is 2. The molecule has 3 heteroatoms. The highest BCUT2D eigenvalue weighted by Gasteiger charge is 2.20. The monoisotopic (exact) mass is 153 g/mol. The first-order valence-corrected chi connectivity index (χ1v) is 3.75. The lowest BCUT2D eigenvalue weighted by Gasteiger charge is -2.01. The van der Waals surface area contributed by atoms with E-state index >= 15 is 0 Å². The highest BCUT2D eigenvalue weighted by Crippen LogP contribution is 2.07. The minimum atomic E-state index is -0.0893. The number of hydrogen-bond donors (Lipinski definition) is 1. The third-order valence-electron chi connectivity index (χ3n) is 1.51. The third-order valence-corrected chi connectivity index (χ3v) is 1.51. The molecule has 1 aliphatic carbocycles. The summed E-state index contributed by atoms with van der Waals surface area (Å²) in [5.41, 5.74) is 0.483. The lowest BCUT2D eigenvalue weighted by molar-refractivity contribution is -0.120. The van der Waals surface area contributed by atoms with Gasteiger partial charge in [-0.15, -0.1) is 0 Å². The van der Waals surface area contributed by atoms with Gasteiger partial charge in [0.2, 0.25) is 0 Å². The van der Waals surface area contributed by atoms with Crippen molar-refractivity contribution in [2.75, 3.05) is 6.54 Å². The van der Waals surface area contributed by atoms with E-state index in [1.165, 1.54) is 6.08 Å². The van der Waals surface area contributed by atoms with Crippen LogP contribution < -0.4 is 5.32 Å². The number of carbonyl (C=O) groups is 2. The molecule has 11 heavy (non-hydrogen) atoms. The Morgan fingerprint density at radius 3 is 2.73 bits per heavy atom. The topological polar surface area (TPSA) is 46.2 Å². The fourth-order valence-electron chi connectivity index (χ4n) is 0.955. The van der Waals surface area contributed by atoms with Crippen molar-refractivity contribution in [3.8, 4) is 0 Å². The van der Waals surface area contributed by atoms with Crippen LogP contribution in [-0.4, -0.2) is 18.1 Å². The molecule has 0 unspecified atom stereocenters. The standard InChI is InChI=1S/C8H11NO2/c1-2-3-9-7-4-6(10)5-8(7)11/h4,9H,2-3,5H2,1H3. The van der Waals surface area contributed by atoms with Crippen LogP contribution in [0.2, 0.25) is 0 Å². The quantitative estimate of drug-likeness (QED) is 0.597. The van der Waals surface area contributed by atoms with Gasteiger partial charge in [0.1, 0.15) is 0 Å². The molecule has 0 aromatic carbocycles. The largest absolute Gasteiger partial charge is 0.382 e. The Morgan fingerprint density at radius 2 is 2.27 bits per heavy atom. The van der Waals surface area contributed by atoms with Crippen molar-refractivity contribution >= 4 is 11.6 Å². The zero-order valence-corrected chi connectivity index (χ0v) is 6.52. The van der Waals surface area contributed by atoms with Gasteiger partial charge >= 0.3 is 0 Å². The summed E-state index contributed by atoms with van der Waals surface area (Å²) >= 11 is 0. The fourth-order valence-corrected chi connectivity index (χ4v) is 0.955. The van der Waals surface area contributed by atoms with Gasteiger partial charge in [-0.2, -0.15) is 0 Å². The maximum absolute atomic E-state index is 10.9. The van der Waals surface area contributed by atoms with Crippen LogP contribution in [0.3, 0.4) is 0 Å². The lowest BCUT2D eigenvalue weighted by atomic mass is 10.3. The molecule has 0 bridgehead atoms. The second kappa shape index (κ2) is 3.32. The van der Waals surface area contributed by atoms with Crippen LogP contribution in [0.4, 0.5) is 0 Å². The zero-order valence-electron chi connectivity index (χ0n) is 6.52. The van der Waals surface area contributed by atoms with Crippen molar-refractivity contribution in [2.45, 2.75) is 19.8 Å². The molecule has 0 fully saturated rings. The fraction of sp³-hybridized carbons (Fsp3) is 0.500. The molecular weight excluding hydrogens is 142 g/mol. The average Bonchev–Trinajstić information content (AvgIpc) is 2.26. The van der Waals surface area contributed by atoms with E-state index in [0.717, 1.165) is 13.0 Å². The number of carbonyl (C=O) groups excluding carboxylic acids is 2. The predicted octanol–water partition coefficient (Wildman–Crippen LogP) is 0.412. The molecule has 0 amide bonds. The summed E-state index contributed by atoms with van der Waals surface area (Å²) in [5, 5.41) is 2.90. The predicted molar refractivity (Wildman–Crippen MR) is 41.0 cm³/mol. The highest BCUT2D eigenvalue weighted by atomic mass is 16.2. The molecular formula is C8H11NO2. The van der Waals surface area contributed by atoms with Crippen LogP contribution in [0.1, 0.15) is 19.8 Å². The molecule has 3 nitrogen and oxygen atoms in total. The van der Waals surface area contributed by atoms with Crippen LogP contribution in [0.25, 0.3) is 0 Å². The van der Waals surface area contributed by atoms with Crippen molar-refractivity contribution in [1.29, 1.82) is 0 Å². The molecule has 0 spiro atoms. The van der Waals surface area contributed by atoms with E-state index in [0.29, 0.717) is 5.70 Å². The second-order valence-electron chi connectivity index (χ2n) is 2.55. The van der Waals surface area contributed by atoms with E-state index in [2.05, 4.69) is 5.32 Å². The zero-order chi connectivity index (χ0) is 8.27. The van der Waals surface area contributed by atoms with E-state index in [9.17, 15) is 9.59 Å². The number of allylic oxidation sites excluding steroid dienone is 2. The molecule has 1 aliphatic rings. The van der Waals surface area contributed by atoms with Gasteiger partial charge in [-0.3, -0.25) is 9.59 Å². The Hall–Kier alpha value is -1.12. The highest BCUT2D eigenvalue weighted by molar-refractivity contribution is 6.18. The molecule has 0 aliphatic heterocycles. The van der Waals surface area contributed by atoms with Crippen molar-refractivity contribution < 1.29 is 9.59 Å². The molecule has 0 saturated carbocycles. The summed E-state index contributed by atoms with van der Waals surface area (Å²) in [6.45, 7) is 2.76. The van der Waals surface area contributed by atoms with Gasteiger partial charge in [-0.25, -0.2) is 0 Å². The van der Waals surface area contributed by atoms with E-state index in [-0.39, 0.29) is 18.0 Å². The normalized spacial score (nSPS) is 17.0. The van der Waals surface area contributed by atoms with Crippen LogP contribution in [0, 0.1) is 0 Å². The van der Waals surface area contributed by atoms with Gasteiger partial charge in [0, 0.05) is 12.6 Å². The summed E-state index contributed by atoms with van der Waals surface area (Å²) in [7, 11) is 0. The van der Waals surface area contributed by atoms with Crippen molar-refractivity contribution in [3.63, 3.8) is 0 Å².